The second-order valence-corrected chi connectivity index (χ2v) is 4.85. The summed E-state index contributed by atoms with van der Waals surface area (Å²) in [7, 11) is 0. The quantitative estimate of drug-likeness (QED) is 0.923. The molecule has 2 nitrogen and oxygen atoms in total. The summed E-state index contributed by atoms with van der Waals surface area (Å²) in [5.41, 5.74) is 8.48. The highest BCUT2D eigenvalue weighted by atomic mass is 79.9. The maximum atomic E-state index is 13.6. The molecule has 2 aromatic rings. The molecule has 4 heteroatoms. The van der Waals surface area contributed by atoms with Gasteiger partial charge in [-0.15, -0.1) is 0 Å². The molecule has 2 N–H and O–H groups in total. The number of halogens is 2. The lowest BCUT2D eigenvalue weighted by Crippen LogP contribution is -2.14. The molecule has 2 rings (SSSR count). The van der Waals surface area contributed by atoms with E-state index >= 15 is 0 Å². The molecule has 1 aromatic heterocycles. The van der Waals surface area contributed by atoms with Gasteiger partial charge in [0.05, 0.1) is 12.2 Å². The van der Waals surface area contributed by atoms with Gasteiger partial charge in [0, 0.05) is 16.2 Å². The lowest BCUT2D eigenvalue weighted by atomic mass is 9.99. The van der Waals surface area contributed by atoms with E-state index < -0.39 is 6.04 Å². The largest absolute Gasteiger partial charge is 0.320 e. The first kappa shape index (κ1) is 12.2. The number of hydrogen-bond acceptors (Lipinski definition) is 2. The standard InChI is InChI=1S/C13H12BrFN2/c1-8-4-9(6-10(14)5-8)13(16)11-2-3-17-7-12(11)15/h2-7,13H,16H2,1H3. The molecule has 0 aliphatic rings. The Morgan fingerprint density at radius 3 is 2.76 bits per heavy atom. The van der Waals surface area contributed by atoms with Crippen LogP contribution in [0.3, 0.4) is 0 Å². The average molecular weight is 295 g/mol. The number of aryl methyl sites for hydroxylation is 1. The van der Waals surface area contributed by atoms with Gasteiger partial charge in [-0.3, -0.25) is 4.98 Å². The number of benzene rings is 1. The molecule has 0 saturated carbocycles. The van der Waals surface area contributed by atoms with Crippen LogP contribution in [0.1, 0.15) is 22.7 Å². The Hall–Kier alpha value is -1.26. The summed E-state index contributed by atoms with van der Waals surface area (Å²) in [6.07, 6.45) is 2.73. The number of pyridine rings is 1. The van der Waals surface area contributed by atoms with E-state index in [1.807, 2.05) is 25.1 Å². The number of aromatic nitrogens is 1. The van der Waals surface area contributed by atoms with Crippen molar-refractivity contribution in [1.82, 2.24) is 4.98 Å². The first-order valence-electron chi connectivity index (χ1n) is 5.20. The molecule has 0 saturated heterocycles. The van der Waals surface area contributed by atoms with Crippen LogP contribution in [0.15, 0.2) is 41.1 Å². The van der Waals surface area contributed by atoms with E-state index in [2.05, 4.69) is 20.9 Å². The van der Waals surface area contributed by atoms with Crippen molar-refractivity contribution in [2.24, 2.45) is 5.73 Å². The van der Waals surface area contributed by atoms with Gasteiger partial charge in [-0.25, -0.2) is 4.39 Å². The van der Waals surface area contributed by atoms with Crippen LogP contribution >= 0.6 is 15.9 Å². The Balaban J connectivity index is 2.43. The van der Waals surface area contributed by atoms with E-state index in [4.69, 9.17) is 5.73 Å². The van der Waals surface area contributed by atoms with Crippen LogP contribution in [0, 0.1) is 12.7 Å². The summed E-state index contributed by atoms with van der Waals surface area (Å²) in [4.78, 5) is 3.72. The van der Waals surface area contributed by atoms with Crippen molar-refractivity contribution >= 4 is 15.9 Å². The zero-order chi connectivity index (χ0) is 12.4. The highest BCUT2D eigenvalue weighted by molar-refractivity contribution is 9.10. The van der Waals surface area contributed by atoms with E-state index in [1.54, 1.807) is 12.3 Å². The Bertz CT molecular complexity index is 522. The van der Waals surface area contributed by atoms with Crippen LogP contribution in [-0.4, -0.2) is 4.98 Å². The third kappa shape index (κ3) is 2.70. The van der Waals surface area contributed by atoms with Crippen molar-refractivity contribution in [3.05, 3.63) is 63.6 Å². The van der Waals surface area contributed by atoms with Crippen molar-refractivity contribution in [2.45, 2.75) is 13.0 Å². The first-order chi connectivity index (χ1) is 8.08. The summed E-state index contributed by atoms with van der Waals surface area (Å²) in [6.45, 7) is 1.98. The molecular formula is C13H12BrFN2. The zero-order valence-electron chi connectivity index (χ0n) is 9.32. The predicted octanol–water partition coefficient (Wildman–Crippen LogP) is 3.34. The molecule has 0 spiro atoms. The topological polar surface area (TPSA) is 38.9 Å². The second kappa shape index (κ2) is 4.94. The highest BCUT2D eigenvalue weighted by Gasteiger charge is 2.14. The maximum Gasteiger partial charge on any atom is 0.146 e. The van der Waals surface area contributed by atoms with Crippen LogP contribution < -0.4 is 5.73 Å². The fraction of sp³-hybridized carbons (Fsp3) is 0.154. The van der Waals surface area contributed by atoms with Crippen molar-refractivity contribution in [2.75, 3.05) is 0 Å². The van der Waals surface area contributed by atoms with Crippen LogP contribution in [0.2, 0.25) is 0 Å². The van der Waals surface area contributed by atoms with Crippen LogP contribution in [0.25, 0.3) is 0 Å². The van der Waals surface area contributed by atoms with Crippen molar-refractivity contribution in [1.29, 1.82) is 0 Å². The minimum Gasteiger partial charge on any atom is -0.320 e. The molecule has 1 aromatic carbocycles. The smallest absolute Gasteiger partial charge is 0.146 e. The lowest BCUT2D eigenvalue weighted by molar-refractivity contribution is 0.593. The minimum atomic E-state index is -0.478. The Kier molecular flexibility index (Phi) is 3.54. The van der Waals surface area contributed by atoms with Crippen molar-refractivity contribution < 1.29 is 4.39 Å². The second-order valence-electron chi connectivity index (χ2n) is 3.94. The number of hydrogen-bond donors (Lipinski definition) is 1. The van der Waals surface area contributed by atoms with Crippen LogP contribution in [-0.2, 0) is 0 Å². The van der Waals surface area contributed by atoms with E-state index in [0.29, 0.717) is 5.56 Å². The fourth-order valence-electron chi connectivity index (χ4n) is 1.76. The molecule has 88 valence electrons. The number of nitrogens with two attached hydrogens (primary N) is 1. The number of nitrogens with zero attached hydrogens (tertiary/aromatic N) is 1. The molecule has 0 radical (unpaired) electrons. The monoisotopic (exact) mass is 294 g/mol. The van der Waals surface area contributed by atoms with E-state index in [9.17, 15) is 4.39 Å². The van der Waals surface area contributed by atoms with Gasteiger partial charge in [-0.2, -0.15) is 0 Å². The van der Waals surface area contributed by atoms with Gasteiger partial charge in [-0.1, -0.05) is 22.0 Å². The van der Waals surface area contributed by atoms with Crippen molar-refractivity contribution in [3.63, 3.8) is 0 Å². The van der Waals surface area contributed by atoms with Gasteiger partial charge in [0.15, 0.2) is 0 Å². The Labute approximate surface area is 108 Å². The molecule has 0 aliphatic carbocycles. The SMILES string of the molecule is Cc1cc(Br)cc(C(N)c2ccncc2F)c1. The van der Waals surface area contributed by atoms with E-state index in [-0.39, 0.29) is 5.82 Å². The Morgan fingerprint density at radius 1 is 1.35 bits per heavy atom. The summed E-state index contributed by atoms with van der Waals surface area (Å²) in [5.74, 6) is -0.377. The summed E-state index contributed by atoms with van der Waals surface area (Å²) < 4.78 is 14.5. The lowest BCUT2D eigenvalue weighted by Gasteiger charge is -2.14. The summed E-state index contributed by atoms with van der Waals surface area (Å²) in [6, 6.07) is 6.97. The Morgan fingerprint density at radius 2 is 2.12 bits per heavy atom. The molecule has 0 aliphatic heterocycles. The van der Waals surface area contributed by atoms with Gasteiger partial charge >= 0.3 is 0 Å². The predicted molar refractivity (Wildman–Crippen MR) is 69.1 cm³/mol. The molecule has 0 amide bonds. The molecule has 1 heterocycles. The molecule has 1 unspecified atom stereocenters. The van der Waals surface area contributed by atoms with E-state index in [1.165, 1.54) is 6.20 Å². The molecule has 0 bridgehead atoms. The molecule has 17 heavy (non-hydrogen) atoms. The zero-order valence-corrected chi connectivity index (χ0v) is 10.9. The van der Waals surface area contributed by atoms with Gasteiger partial charge in [0.2, 0.25) is 0 Å². The van der Waals surface area contributed by atoms with Crippen LogP contribution in [0.4, 0.5) is 4.39 Å². The summed E-state index contributed by atoms with van der Waals surface area (Å²) >= 11 is 3.41. The molecular weight excluding hydrogens is 283 g/mol. The maximum absolute atomic E-state index is 13.6. The van der Waals surface area contributed by atoms with Gasteiger partial charge in [0.25, 0.3) is 0 Å². The minimum absolute atomic E-state index is 0.377. The third-order valence-corrected chi connectivity index (χ3v) is 3.02. The average Bonchev–Trinajstić information content (AvgIpc) is 2.27. The van der Waals surface area contributed by atoms with Gasteiger partial charge in [-0.05, 0) is 36.2 Å². The molecule has 1 atom stereocenters. The van der Waals surface area contributed by atoms with Crippen LogP contribution in [0.5, 0.6) is 0 Å². The third-order valence-electron chi connectivity index (χ3n) is 2.56. The summed E-state index contributed by atoms with van der Waals surface area (Å²) in [5, 5.41) is 0. The highest BCUT2D eigenvalue weighted by Crippen LogP contribution is 2.25. The fourth-order valence-corrected chi connectivity index (χ4v) is 2.39. The molecule has 0 fully saturated rings. The van der Waals surface area contributed by atoms with Gasteiger partial charge < -0.3 is 5.73 Å². The van der Waals surface area contributed by atoms with Gasteiger partial charge in [0.1, 0.15) is 5.82 Å². The van der Waals surface area contributed by atoms with E-state index in [0.717, 1.165) is 15.6 Å². The normalized spacial score (nSPS) is 12.5. The van der Waals surface area contributed by atoms with Crippen molar-refractivity contribution in [3.8, 4) is 0 Å². The first-order valence-corrected chi connectivity index (χ1v) is 5.99. The number of rotatable bonds is 2.